The van der Waals surface area contributed by atoms with Crippen molar-refractivity contribution >= 4 is 75.4 Å². The number of piperazine rings is 1. The van der Waals surface area contributed by atoms with Gasteiger partial charge in [0.2, 0.25) is 11.8 Å². The normalized spacial score (nSPS) is 18.2. The van der Waals surface area contributed by atoms with E-state index >= 15 is 0 Å². The summed E-state index contributed by atoms with van der Waals surface area (Å²) in [6, 6.07) is 12.4. The Kier molecular flexibility index (Phi) is 14.1. The van der Waals surface area contributed by atoms with E-state index in [1.54, 1.807) is 36.4 Å². The molecule has 4 amide bonds. The number of methoxy groups -OCH3 is 2. The molecule has 2 fully saturated rings. The largest absolute Gasteiger partial charge is 0.495 e. The van der Waals surface area contributed by atoms with Crippen molar-refractivity contribution in [2.45, 2.75) is 43.9 Å². The van der Waals surface area contributed by atoms with Crippen LogP contribution in [0.1, 0.15) is 52.0 Å². The smallest absolute Gasteiger partial charge is 0.266 e. The summed E-state index contributed by atoms with van der Waals surface area (Å²) in [7, 11) is 3.02. The lowest BCUT2D eigenvalue weighted by atomic mass is 10.0. The Balaban J connectivity index is 0.923. The molecule has 19 heteroatoms. The minimum absolute atomic E-state index is 0.00655. The number of piperidine rings is 1. The topological polar surface area (TPSA) is 211 Å². The molecule has 0 bridgehead atoms. The lowest BCUT2D eigenvalue weighted by Gasteiger charge is -2.37. The third-order valence-electron chi connectivity index (χ3n) is 10.9. The molecule has 3 unspecified atom stereocenters. The second-order valence-corrected chi connectivity index (χ2v) is 15.4. The van der Waals surface area contributed by atoms with Gasteiger partial charge in [-0.05, 0) is 43.5 Å². The van der Waals surface area contributed by atoms with Gasteiger partial charge in [-0.15, -0.1) is 0 Å². The standard InChI is InChI=1S/C43H43Cl2N7O10/c1-58-35-19-32(29(44)17-30(35)45)49-40-24(20-46)21-48-31-18-37(36(59-2)16-28(31)40)61-12-4-10-51-11-9-47-22-25(51)15-26(23-53)60-13-14-62-34-6-3-5-27-39(34)43(57)52(42(27)56)33-7-8-38(54)50-41(33)55/h3,5-6,16-19,21,23,25-26,33,47H,4,7-15,22H2,1-2H3,(H,48,49)(H,50,54,55). The van der Waals surface area contributed by atoms with Crippen LogP contribution in [-0.4, -0.2) is 123 Å². The van der Waals surface area contributed by atoms with Gasteiger partial charge < -0.3 is 39.1 Å². The van der Waals surface area contributed by atoms with Crippen LogP contribution >= 0.6 is 23.2 Å². The molecule has 1 aromatic heterocycles. The Bertz CT molecular complexity index is 2450. The summed E-state index contributed by atoms with van der Waals surface area (Å²) in [5.74, 6) is -0.978. The summed E-state index contributed by atoms with van der Waals surface area (Å²) in [5.41, 5.74) is 1.93. The lowest BCUT2D eigenvalue weighted by molar-refractivity contribution is -0.136. The van der Waals surface area contributed by atoms with Crippen molar-refractivity contribution in [2.75, 3.05) is 65.5 Å². The number of ether oxygens (including phenoxy) is 5. The quantitative estimate of drug-likeness (QED) is 0.0704. The molecule has 3 aromatic carbocycles. The number of aldehydes is 1. The monoisotopic (exact) mass is 887 g/mol. The summed E-state index contributed by atoms with van der Waals surface area (Å²) in [6.07, 6.45) is 2.63. The van der Waals surface area contributed by atoms with Gasteiger partial charge in [0.1, 0.15) is 42.6 Å². The summed E-state index contributed by atoms with van der Waals surface area (Å²) in [6.45, 7) is 3.24. The molecule has 3 aliphatic heterocycles. The number of fused-ring (bicyclic) bond motifs is 2. The van der Waals surface area contributed by atoms with Crippen molar-refractivity contribution in [3.8, 4) is 29.1 Å². The maximum Gasteiger partial charge on any atom is 0.266 e. The molecule has 0 aliphatic carbocycles. The number of carbonyl (C=O) groups is 5. The molecular weight excluding hydrogens is 845 g/mol. The van der Waals surface area contributed by atoms with E-state index in [1.807, 2.05) is 0 Å². The number of pyridine rings is 1. The third kappa shape index (κ3) is 9.39. The predicted molar refractivity (Wildman–Crippen MR) is 227 cm³/mol. The number of nitrogens with zero attached hydrogens (tertiary/aromatic N) is 4. The summed E-state index contributed by atoms with van der Waals surface area (Å²) in [5, 5.41) is 20.0. The number of carbonyl (C=O) groups excluding carboxylic acids is 5. The van der Waals surface area contributed by atoms with Crippen molar-refractivity contribution in [1.82, 2.24) is 25.4 Å². The van der Waals surface area contributed by atoms with E-state index in [1.165, 1.54) is 26.5 Å². The number of nitriles is 1. The van der Waals surface area contributed by atoms with Crippen LogP contribution in [0.5, 0.6) is 23.0 Å². The number of hydrogen-bond acceptors (Lipinski definition) is 15. The van der Waals surface area contributed by atoms with Crippen LogP contribution in [0.15, 0.2) is 48.7 Å². The third-order valence-corrected chi connectivity index (χ3v) is 11.5. The SMILES string of the molecule is COc1cc(Nc2c(C#N)cnc3cc(OCCCN4CCNCC4CC(C=O)OCCOc4cccc5c4C(=O)N(C4CCC(=O)NC4=O)C5=O)c(OC)cc23)c(Cl)cc1Cl. The maximum absolute atomic E-state index is 13.4. The highest BCUT2D eigenvalue weighted by Crippen LogP contribution is 2.41. The first-order chi connectivity index (χ1) is 30.0. The molecular formula is C43H43Cl2N7O10. The fraction of sp³-hybridized carbons (Fsp3) is 0.372. The molecule has 0 spiro atoms. The van der Waals surface area contributed by atoms with Gasteiger partial charge in [0.05, 0.1) is 71.1 Å². The van der Waals surface area contributed by atoms with Crippen LogP contribution in [-0.2, 0) is 19.1 Å². The minimum atomic E-state index is -1.09. The van der Waals surface area contributed by atoms with Crippen LogP contribution in [0.3, 0.4) is 0 Å². The van der Waals surface area contributed by atoms with Gasteiger partial charge in [-0.1, -0.05) is 29.3 Å². The Morgan fingerprint density at radius 3 is 2.55 bits per heavy atom. The fourth-order valence-corrected chi connectivity index (χ4v) is 8.28. The zero-order valence-corrected chi connectivity index (χ0v) is 35.3. The molecule has 17 nitrogen and oxygen atoms in total. The van der Waals surface area contributed by atoms with E-state index in [4.69, 9.17) is 46.9 Å². The average molecular weight is 889 g/mol. The highest BCUT2D eigenvalue weighted by atomic mass is 35.5. The molecule has 324 valence electrons. The molecule has 2 saturated heterocycles. The van der Waals surface area contributed by atoms with Crippen molar-refractivity contribution in [3.05, 3.63) is 75.4 Å². The van der Waals surface area contributed by atoms with Crippen LogP contribution in [0.2, 0.25) is 10.0 Å². The Labute approximate surface area is 366 Å². The molecule has 3 aliphatic rings. The molecule has 3 atom stereocenters. The first kappa shape index (κ1) is 44.0. The number of rotatable bonds is 18. The first-order valence-electron chi connectivity index (χ1n) is 19.9. The highest BCUT2D eigenvalue weighted by molar-refractivity contribution is 6.37. The summed E-state index contributed by atoms with van der Waals surface area (Å²) in [4.78, 5) is 70.5. The second kappa shape index (κ2) is 19.8. The zero-order chi connectivity index (χ0) is 43.9. The van der Waals surface area contributed by atoms with E-state index < -0.39 is 35.8 Å². The molecule has 0 radical (unpaired) electrons. The van der Waals surface area contributed by atoms with Gasteiger partial charge in [-0.2, -0.15) is 5.26 Å². The van der Waals surface area contributed by atoms with Gasteiger partial charge in [0, 0.05) is 62.4 Å². The van der Waals surface area contributed by atoms with Crippen LogP contribution < -0.4 is 34.9 Å². The van der Waals surface area contributed by atoms with E-state index in [-0.39, 0.29) is 54.5 Å². The Morgan fingerprint density at radius 1 is 0.984 bits per heavy atom. The van der Waals surface area contributed by atoms with E-state index in [2.05, 4.69) is 31.9 Å². The number of aromatic nitrogens is 1. The second-order valence-electron chi connectivity index (χ2n) is 14.6. The predicted octanol–water partition coefficient (Wildman–Crippen LogP) is 4.67. The fourth-order valence-electron chi connectivity index (χ4n) is 7.77. The van der Waals surface area contributed by atoms with Crippen LogP contribution in [0, 0.1) is 11.3 Å². The maximum atomic E-state index is 13.4. The Morgan fingerprint density at radius 2 is 1.79 bits per heavy atom. The van der Waals surface area contributed by atoms with Gasteiger partial charge >= 0.3 is 0 Å². The average Bonchev–Trinajstić information content (AvgIpc) is 3.53. The van der Waals surface area contributed by atoms with Crippen LogP contribution in [0.25, 0.3) is 10.9 Å². The van der Waals surface area contributed by atoms with Gasteiger partial charge in [-0.3, -0.25) is 39.3 Å². The van der Waals surface area contributed by atoms with Crippen LogP contribution in [0.4, 0.5) is 11.4 Å². The molecule has 3 N–H and O–H groups in total. The Hall–Kier alpha value is -6.03. The van der Waals surface area contributed by atoms with Gasteiger partial charge in [0.25, 0.3) is 11.8 Å². The zero-order valence-electron chi connectivity index (χ0n) is 33.8. The van der Waals surface area contributed by atoms with E-state index in [0.29, 0.717) is 82.1 Å². The van der Waals surface area contributed by atoms with Crippen molar-refractivity contribution < 1.29 is 47.7 Å². The number of anilines is 2. The van der Waals surface area contributed by atoms with Crippen molar-refractivity contribution in [1.29, 1.82) is 5.26 Å². The van der Waals surface area contributed by atoms with Crippen molar-refractivity contribution in [3.63, 3.8) is 0 Å². The number of hydrogen-bond donors (Lipinski definition) is 3. The highest BCUT2D eigenvalue weighted by Gasteiger charge is 2.46. The summed E-state index contributed by atoms with van der Waals surface area (Å²) < 4.78 is 29.1. The van der Waals surface area contributed by atoms with Crippen molar-refractivity contribution in [2.24, 2.45) is 0 Å². The summed E-state index contributed by atoms with van der Waals surface area (Å²) >= 11 is 12.7. The van der Waals surface area contributed by atoms with E-state index in [9.17, 15) is 29.2 Å². The van der Waals surface area contributed by atoms with Gasteiger partial charge in [0.15, 0.2) is 11.5 Å². The molecule has 0 saturated carbocycles. The number of benzene rings is 3. The lowest BCUT2D eigenvalue weighted by Crippen LogP contribution is -2.54. The van der Waals surface area contributed by atoms with Gasteiger partial charge in [-0.25, -0.2) is 0 Å². The minimum Gasteiger partial charge on any atom is -0.495 e. The number of nitrogens with one attached hydrogen (secondary N) is 3. The first-order valence-corrected chi connectivity index (χ1v) is 20.6. The molecule has 7 rings (SSSR count). The molecule has 4 aromatic rings. The number of halogens is 2. The number of amides is 4. The van der Waals surface area contributed by atoms with E-state index in [0.717, 1.165) is 24.3 Å². The number of imide groups is 2. The molecule has 62 heavy (non-hydrogen) atoms. The molecule has 4 heterocycles.